The molecule has 23 heavy (non-hydrogen) atoms. The maximum atomic E-state index is 12.6. The summed E-state index contributed by atoms with van der Waals surface area (Å²) in [5.74, 6) is 2.04. The summed E-state index contributed by atoms with van der Waals surface area (Å²) >= 11 is 0. The van der Waals surface area contributed by atoms with E-state index in [2.05, 4.69) is 16.0 Å². The van der Waals surface area contributed by atoms with E-state index in [9.17, 15) is 4.79 Å². The van der Waals surface area contributed by atoms with Crippen LogP contribution in [0.1, 0.15) is 51.4 Å². The highest BCUT2D eigenvalue weighted by atomic mass is 16.2. The third-order valence-corrected chi connectivity index (χ3v) is 5.57. The molecular weight excluding hydrogens is 286 g/mol. The molecule has 2 aliphatic rings. The zero-order valence-electron chi connectivity index (χ0n) is 14.3. The van der Waals surface area contributed by atoms with Gasteiger partial charge in [0.2, 0.25) is 5.91 Å². The van der Waals surface area contributed by atoms with Crippen molar-refractivity contribution in [2.45, 2.75) is 57.4 Å². The number of amides is 1. The first kappa shape index (κ1) is 16.3. The van der Waals surface area contributed by atoms with E-state index in [0.29, 0.717) is 17.9 Å². The van der Waals surface area contributed by atoms with Crippen LogP contribution in [0.2, 0.25) is 0 Å². The van der Waals surface area contributed by atoms with Gasteiger partial charge in [-0.1, -0.05) is 25.3 Å². The average Bonchev–Trinajstić information content (AvgIpc) is 2.63. The number of rotatable bonds is 4. The third-order valence-electron chi connectivity index (χ3n) is 5.57. The molecule has 0 bridgehead atoms. The molecule has 0 atom stereocenters. The number of hydrogen-bond donors (Lipinski definition) is 0. The number of nitrogens with zero attached hydrogens (tertiary/aromatic N) is 3. The molecule has 0 spiro atoms. The summed E-state index contributed by atoms with van der Waals surface area (Å²) < 4.78 is 0. The van der Waals surface area contributed by atoms with Crippen LogP contribution in [0.15, 0.2) is 24.4 Å². The molecule has 1 amide bonds. The van der Waals surface area contributed by atoms with Crippen molar-refractivity contribution in [2.24, 2.45) is 5.92 Å². The van der Waals surface area contributed by atoms with Crippen molar-refractivity contribution >= 4 is 11.7 Å². The van der Waals surface area contributed by atoms with Gasteiger partial charge in [-0.2, -0.15) is 0 Å². The number of hydrogen-bond acceptors (Lipinski definition) is 3. The molecule has 0 unspecified atom stereocenters. The van der Waals surface area contributed by atoms with Crippen molar-refractivity contribution in [3.63, 3.8) is 0 Å². The fraction of sp³-hybridized carbons (Fsp3) is 0.684. The fourth-order valence-electron chi connectivity index (χ4n) is 4.01. The summed E-state index contributed by atoms with van der Waals surface area (Å²) in [6.45, 7) is 1.98. The number of aromatic nitrogens is 1. The lowest BCUT2D eigenvalue weighted by Gasteiger charge is -2.38. The van der Waals surface area contributed by atoms with E-state index in [4.69, 9.17) is 0 Å². The highest BCUT2D eigenvalue weighted by Gasteiger charge is 2.27. The molecular formula is C19H29N3O. The Balaban J connectivity index is 1.47. The summed E-state index contributed by atoms with van der Waals surface area (Å²) in [5.41, 5.74) is 0. The molecule has 1 aliphatic heterocycles. The fourth-order valence-corrected chi connectivity index (χ4v) is 4.01. The van der Waals surface area contributed by atoms with Crippen molar-refractivity contribution in [3.8, 4) is 0 Å². The van der Waals surface area contributed by atoms with Crippen molar-refractivity contribution in [3.05, 3.63) is 24.4 Å². The monoisotopic (exact) mass is 315 g/mol. The maximum Gasteiger partial charge on any atom is 0.222 e. The summed E-state index contributed by atoms with van der Waals surface area (Å²) in [7, 11) is 2.01. The van der Waals surface area contributed by atoms with Gasteiger partial charge in [0, 0.05) is 38.8 Å². The topological polar surface area (TPSA) is 36.4 Å². The Morgan fingerprint density at radius 2 is 1.91 bits per heavy atom. The normalized spacial score (nSPS) is 20.5. The summed E-state index contributed by atoms with van der Waals surface area (Å²) in [5, 5.41) is 0. The second kappa shape index (κ2) is 7.80. The number of carbonyl (C=O) groups excluding carboxylic acids is 1. The zero-order chi connectivity index (χ0) is 16.1. The van der Waals surface area contributed by atoms with Crippen LogP contribution in [-0.4, -0.2) is 42.0 Å². The summed E-state index contributed by atoms with van der Waals surface area (Å²) in [6.07, 6.45) is 11.2. The molecule has 2 fully saturated rings. The highest BCUT2D eigenvalue weighted by Crippen LogP contribution is 2.28. The number of piperidine rings is 1. The molecule has 0 aromatic carbocycles. The number of carbonyl (C=O) groups is 1. The van der Waals surface area contributed by atoms with Crippen LogP contribution in [0, 0.1) is 5.92 Å². The first-order chi connectivity index (χ1) is 11.2. The Morgan fingerprint density at radius 1 is 1.17 bits per heavy atom. The average molecular weight is 315 g/mol. The van der Waals surface area contributed by atoms with Gasteiger partial charge in [-0.25, -0.2) is 4.98 Å². The molecule has 3 rings (SSSR count). The van der Waals surface area contributed by atoms with E-state index in [1.54, 1.807) is 0 Å². The third kappa shape index (κ3) is 4.24. The molecule has 1 aromatic rings. The molecule has 4 heteroatoms. The van der Waals surface area contributed by atoms with Crippen LogP contribution in [0.3, 0.4) is 0 Å². The van der Waals surface area contributed by atoms with Gasteiger partial charge < -0.3 is 9.80 Å². The first-order valence-corrected chi connectivity index (χ1v) is 9.15. The lowest BCUT2D eigenvalue weighted by Crippen LogP contribution is -2.46. The van der Waals surface area contributed by atoms with E-state index in [1.165, 1.54) is 32.1 Å². The van der Waals surface area contributed by atoms with Gasteiger partial charge in [-0.3, -0.25) is 4.79 Å². The highest BCUT2D eigenvalue weighted by molar-refractivity contribution is 5.76. The van der Waals surface area contributed by atoms with Crippen LogP contribution in [-0.2, 0) is 4.79 Å². The van der Waals surface area contributed by atoms with Crippen LogP contribution in [0.4, 0.5) is 5.82 Å². The van der Waals surface area contributed by atoms with Crippen LogP contribution in [0.25, 0.3) is 0 Å². The van der Waals surface area contributed by atoms with E-state index in [-0.39, 0.29) is 0 Å². The van der Waals surface area contributed by atoms with Gasteiger partial charge in [0.05, 0.1) is 0 Å². The summed E-state index contributed by atoms with van der Waals surface area (Å²) in [6, 6.07) is 6.45. The Labute approximate surface area is 139 Å². The van der Waals surface area contributed by atoms with Gasteiger partial charge in [0.15, 0.2) is 0 Å². The standard InChI is InChI=1S/C19H29N3O/c1-21(19(23)15-16-7-3-2-4-8-16)17-10-13-22(14-11-17)18-9-5-6-12-20-18/h5-6,9,12,16-17H,2-4,7-8,10-11,13-15H2,1H3. The minimum atomic E-state index is 0.355. The Bertz CT molecular complexity index is 491. The Morgan fingerprint density at radius 3 is 2.57 bits per heavy atom. The lowest BCUT2D eigenvalue weighted by molar-refractivity contribution is -0.133. The molecule has 0 N–H and O–H groups in total. The molecule has 0 radical (unpaired) electrons. The van der Waals surface area contributed by atoms with Crippen molar-refractivity contribution in [1.29, 1.82) is 0 Å². The van der Waals surface area contributed by atoms with Crippen molar-refractivity contribution < 1.29 is 4.79 Å². The van der Waals surface area contributed by atoms with Crippen LogP contribution < -0.4 is 4.90 Å². The first-order valence-electron chi connectivity index (χ1n) is 9.15. The number of anilines is 1. The molecule has 126 valence electrons. The minimum Gasteiger partial charge on any atom is -0.356 e. The van der Waals surface area contributed by atoms with Crippen LogP contribution >= 0.6 is 0 Å². The van der Waals surface area contributed by atoms with Gasteiger partial charge in [0.25, 0.3) is 0 Å². The van der Waals surface area contributed by atoms with Gasteiger partial charge in [0.1, 0.15) is 5.82 Å². The second-order valence-electron chi connectivity index (χ2n) is 7.12. The molecule has 1 aromatic heterocycles. The van der Waals surface area contributed by atoms with Crippen molar-refractivity contribution in [1.82, 2.24) is 9.88 Å². The molecule has 4 nitrogen and oxygen atoms in total. The largest absolute Gasteiger partial charge is 0.356 e. The molecule has 2 heterocycles. The van der Waals surface area contributed by atoms with E-state index >= 15 is 0 Å². The molecule has 1 saturated heterocycles. The molecule has 1 saturated carbocycles. The van der Waals surface area contributed by atoms with Crippen molar-refractivity contribution in [2.75, 3.05) is 25.0 Å². The van der Waals surface area contributed by atoms with E-state index in [0.717, 1.165) is 38.2 Å². The van der Waals surface area contributed by atoms with Gasteiger partial charge >= 0.3 is 0 Å². The summed E-state index contributed by atoms with van der Waals surface area (Å²) in [4.78, 5) is 21.4. The van der Waals surface area contributed by atoms with E-state index in [1.807, 2.05) is 30.3 Å². The minimum absolute atomic E-state index is 0.355. The van der Waals surface area contributed by atoms with Gasteiger partial charge in [-0.15, -0.1) is 0 Å². The zero-order valence-corrected chi connectivity index (χ0v) is 14.3. The second-order valence-corrected chi connectivity index (χ2v) is 7.12. The smallest absolute Gasteiger partial charge is 0.222 e. The van der Waals surface area contributed by atoms with Gasteiger partial charge in [-0.05, 0) is 43.7 Å². The molecule has 1 aliphatic carbocycles. The number of pyridine rings is 1. The van der Waals surface area contributed by atoms with E-state index < -0.39 is 0 Å². The van der Waals surface area contributed by atoms with Crippen LogP contribution in [0.5, 0.6) is 0 Å². The Hall–Kier alpha value is -1.58. The lowest BCUT2D eigenvalue weighted by atomic mass is 9.86. The quantitative estimate of drug-likeness (QED) is 0.853. The predicted molar refractivity (Wildman–Crippen MR) is 93.4 cm³/mol. The maximum absolute atomic E-state index is 12.6. The SMILES string of the molecule is CN(C(=O)CC1CCCCC1)C1CCN(c2ccccn2)CC1. The Kier molecular flexibility index (Phi) is 5.52. The predicted octanol–water partition coefficient (Wildman–Crippen LogP) is 3.48.